The molecule has 6 rings (SSSR count). The monoisotopic (exact) mass is 526 g/mol. The average Bonchev–Trinajstić information content (AvgIpc) is 3.47. The molecule has 1 aliphatic heterocycles. The van der Waals surface area contributed by atoms with Crippen molar-refractivity contribution >= 4 is 11.7 Å². The smallest absolute Gasteiger partial charge is 0.247 e. The van der Waals surface area contributed by atoms with Crippen LogP contribution in [0.1, 0.15) is 29.2 Å². The van der Waals surface area contributed by atoms with E-state index in [0.717, 1.165) is 45.8 Å². The first-order chi connectivity index (χ1) is 19.6. The van der Waals surface area contributed by atoms with Crippen molar-refractivity contribution in [2.75, 3.05) is 19.2 Å². The summed E-state index contributed by atoms with van der Waals surface area (Å²) in [5.41, 5.74) is 7.97. The summed E-state index contributed by atoms with van der Waals surface area (Å²) in [4.78, 5) is 10.1. The minimum absolute atomic E-state index is 0.0390. The largest absolute Gasteiger partial charge is 0.493 e. The molecule has 0 unspecified atom stereocenters. The Bertz CT molecular complexity index is 1650. The molecule has 0 aliphatic carbocycles. The molecule has 40 heavy (non-hydrogen) atoms. The molecule has 1 atom stereocenters. The summed E-state index contributed by atoms with van der Waals surface area (Å²) in [6.45, 7) is 2.08. The van der Waals surface area contributed by atoms with Gasteiger partial charge in [0.15, 0.2) is 11.5 Å². The Hall–Kier alpha value is -4.97. The molecule has 0 spiro atoms. The molecule has 0 saturated heterocycles. The fraction of sp³-hybridized carbons (Fsp3) is 0.147. The van der Waals surface area contributed by atoms with Gasteiger partial charge in [-0.1, -0.05) is 90.5 Å². The third-order valence-electron chi connectivity index (χ3n) is 7.15. The average molecular weight is 527 g/mol. The van der Waals surface area contributed by atoms with E-state index in [1.807, 2.05) is 53.5 Å². The van der Waals surface area contributed by atoms with Gasteiger partial charge in [0, 0.05) is 17.5 Å². The molecule has 5 aromatic rings. The highest BCUT2D eigenvalue weighted by Crippen LogP contribution is 2.38. The van der Waals surface area contributed by atoms with E-state index in [4.69, 9.17) is 24.5 Å². The van der Waals surface area contributed by atoms with Crippen molar-refractivity contribution in [2.24, 2.45) is 5.10 Å². The van der Waals surface area contributed by atoms with Crippen LogP contribution >= 0.6 is 0 Å². The maximum absolute atomic E-state index is 5.59. The molecular formula is C34H30N4O2. The number of aryl methyl sites for hydroxylation is 1. The van der Waals surface area contributed by atoms with Crippen molar-refractivity contribution < 1.29 is 9.47 Å². The van der Waals surface area contributed by atoms with Gasteiger partial charge in [-0.3, -0.25) is 0 Å². The Labute approximate surface area is 234 Å². The highest BCUT2D eigenvalue weighted by atomic mass is 16.5. The molecule has 1 aromatic heterocycles. The van der Waals surface area contributed by atoms with Crippen molar-refractivity contribution in [1.82, 2.24) is 9.97 Å². The topological polar surface area (TPSA) is 59.8 Å². The lowest BCUT2D eigenvalue weighted by Crippen LogP contribution is -2.21. The Balaban J connectivity index is 1.52. The van der Waals surface area contributed by atoms with Gasteiger partial charge in [-0.2, -0.15) is 5.10 Å². The number of nitrogens with zero attached hydrogens (tertiary/aromatic N) is 4. The van der Waals surface area contributed by atoms with Gasteiger partial charge in [0.2, 0.25) is 5.95 Å². The summed E-state index contributed by atoms with van der Waals surface area (Å²) in [6.07, 6.45) is 0.748. The second kappa shape index (κ2) is 11.0. The second-order valence-electron chi connectivity index (χ2n) is 9.76. The van der Waals surface area contributed by atoms with Crippen LogP contribution < -0.4 is 14.5 Å². The predicted octanol–water partition coefficient (Wildman–Crippen LogP) is 7.49. The van der Waals surface area contributed by atoms with Crippen LogP contribution in [0.3, 0.4) is 0 Å². The molecule has 0 radical (unpaired) electrons. The predicted molar refractivity (Wildman–Crippen MR) is 160 cm³/mol. The van der Waals surface area contributed by atoms with Gasteiger partial charge < -0.3 is 9.47 Å². The molecule has 0 fully saturated rings. The molecule has 6 nitrogen and oxygen atoms in total. The zero-order valence-corrected chi connectivity index (χ0v) is 22.8. The van der Waals surface area contributed by atoms with Gasteiger partial charge in [0.25, 0.3) is 0 Å². The second-order valence-corrected chi connectivity index (χ2v) is 9.76. The zero-order valence-electron chi connectivity index (χ0n) is 22.8. The highest BCUT2D eigenvalue weighted by molar-refractivity contribution is 6.03. The number of hydrogen-bond acceptors (Lipinski definition) is 6. The summed E-state index contributed by atoms with van der Waals surface area (Å²) < 4.78 is 11.1. The fourth-order valence-electron chi connectivity index (χ4n) is 4.99. The van der Waals surface area contributed by atoms with Gasteiger partial charge in [-0.05, 0) is 42.3 Å². The van der Waals surface area contributed by atoms with E-state index in [9.17, 15) is 0 Å². The third-order valence-corrected chi connectivity index (χ3v) is 7.15. The van der Waals surface area contributed by atoms with Crippen molar-refractivity contribution in [3.8, 4) is 34.0 Å². The number of ether oxygens (including phenoxy) is 2. The van der Waals surface area contributed by atoms with Crippen LogP contribution in [0, 0.1) is 6.92 Å². The minimum atomic E-state index is -0.0390. The Kier molecular flexibility index (Phi) is 6.98. The van der Waals surface area contributed by atoms with Gasteiger partial charge in [0.1, 0.15) is 0 Å². The molecule has 6 heteroatoms. The zero-order chi connectivity index (χ0) is 27.5. The Morgan fingerprint density at radius 1 is 0.650 bits per heavy atom. The molecule has 0 amide bonds. The van der Waals surface area contributed by atoms with Gasteiger partial charge in [-0.15, -0.1) is 0 Å². The standard InChI is InChI=1S/C34H30N4O2/c1-23-14-16-25(17-15-23)28-21-29(27-18-19-32(39-2)33(20-27)40-3)36-34(35-28)38-31(26-12-8-5-9-13-26)22-30(37-38)24-10-6-4-7-11-24/h4-21,31H,22H2,1-3H3/t31-/m0/s1. The third kappa shape index (κ3) is 5.04. The van der Waals surface area contributed by atoms with E-state index in [-0.39, 0.29) is 6.04 Å². The first-order valence-corrected chi connectivity index (χ1v) is 13.3. The van der Waals surface area contributed by atoms with Crippen LogP contribution in [0.4, 0.5) is 5.95 Å². The number of hydrogen-bond donors (Lipinski definition) is 0. The summed E-state index contributed by atoms with van der Waals surface area (Å²) in [5, 5.41) is 7.08. The van der Waals surface area contributed by atoms with Crippen LogP contribution in [-0.4, -0.2) is 29.9 Å². The van der Waals surface area contributed by atoms with Crippen molar-refractivity contribution in [3.05, 3.63) is 126 Å². The lowest BCUT2D eigenvalue weighted by atomic mass is 9.98. The molecule has 0 saturated carbocycles. The summed E-state index contributed by atoms with van der Waals surface area (Å²) in [6, 6.07) is 36.9. The number of anilines is 1. The molecule has 2 heterocycles. The first kappa shape index (κ1) is 25.3. The maximum Gasteiger partial charge on any atom is 0.247 e. The fourth-order valence-corrected chi connectivity index (χ4v) is 4.99. The van der Waals surface area contributed by atoms with Gasteiger partial charge in [0.05, 0.1) is 37.4 Å². The lowest BCUT2D eigenvalue weighted by Gasteiger charge is -2.23. The van der Waals surface area contributed by atoms with Crippen LogP contribution in [0.15, 0.2) is 114 Å². The van der Waals surface area contributed by atoms with Crippen LogP contribution in [0.25, 0.3) is 22.5 Å². The van der Waals surface area contributed by atoms with Gasteiger partial charge >= 0.3 is 0 Å². The number of methoxy groups -OCH3 is 2. The summed E-state index contributed by atoms with van der Waals surface area (Å²) in [5.74, 6) is 1.85. The number of hydrazone groups is 1. The summed E-state index contributed by atoms with van der Waals surface area (Å²) >= 11 is 0. The molecule has 0 bridgehead atoms. The summed E-state index contributed by atoms with van der Waals surface area (Å²) in [7, 11) is 3.27. The number of benzene rings is 4. The van der Waals surface area contributed by atoms with Crippen molar-refractivity contribution in [3.63, 3.8) is 0 Å². The van der Waals surface area contributed by atoms with Crippen molar-refractivity contribution in [2.45, 2.75) is 19.4 Å². The maximum atomic E-state index is 5.59. The van der Waals surface area contributed by atoms with E-state index in [1.54, 1.807) is 14.2 Å². The first-order valence-electron chi connectivity index (χ1n) is 13.3. The van der Waals surface area contributed by atoms with Gasteiger partial charge in [-0.25, -0.2) is 15.0 Å². The molecule has 1 aliphatic rings. The molecular weight excluding hydrogens is 496 g/mol. The van der Waals surface area contributed by atoms with Crippen molar-refractivity contribution in [1.29, 1.82) is 0 Å². The molecule has 198 valence electrons. The normalized spacial score (nSPS) is 14.6. The highest BCUT2D eigenvalue weighted by Gasteiger charge is 2.32. The minimum Gasteiger partial charge on any atom is -0.493 e. The number of rotatable bonds is 7. The van der Waals surface area contributed by atoms with E-state index >= 15 is 0 Å². The molecule has 4 aromatic carbocycles. The van der Waals surface area contributed by atoms with Crippen LogP contribution in [0.5, 0.6) is 11.5 Å². The quantitative estimate of drug-likeness (QED) is 0.220. The van der Waals surface area contributed by atoms with E-state index < -0.39 is 0 Å². The van der Waals surface area contributed by atoms with Crippen LogP contribution in [0.2, 0.25) is 0 Å². The number of aromatic nitrogens is 2. The van der Waals surface area contributed by atoms with E-state index in [0.29, 0.717) is 17.4 Å². The Morgan fingerprint density at radius 3 is 1.95 bits per heavy atom. The Morgan fingerprint density at radius 2 is 1.27 bits per heavy atom. The van der Waals surface area contributed by atoms with E-state index in [1.165, 1.54) is 5.56 Å². The van der Waals surface area contributed by atoms with E-state index in [2.05, 4.69) is 67.6 Å². The lowest BCUT2D eigenvalue weighted by molar-refractivity contribution is 0.355. The SMILES string of the molecule is COc1ccc(-c2cc(-c3ccc(C)cc3)nc(N3N=C(c4ccccc4)C[C@H]3c3ccccc3)n2)cc1OC. The molecule has 0 N–H and O–H groups in total. The van der Waals surface area contributed by atoms with Crippen LogP contribution in [-0.2, 0) is 0 Å².